The Balaban J connectivity index is 1.75. The summed E-state index contributed by atoms with van der Waals surface area (Å²) < 4.78 is 21.3. The number of nitrogens with zero attached hydrogens (tertiary/aromatic N) is 2. The molecule has 1 aliphatic rings. The van der Waals surface area contributed by atoms with Crippen LogP contribution in [-0.2, 0) is 34.3 Å². The molecule has 0 N–H and O–H groups in total. The van der Waals surface area contributed by atoms with Crippen LogP contribution in [0.1, 0.15) is 27.9 Å². The van der Waals surface area contributed by atoms with Gasteiger partial charge in [-0.1, -0.05) is 42.5 Å². The smallest absolute Gasteiger partial charge is 0.317 e. The number of carbonyl (C=O) groups excluding carboxylic acids is 1. The fourth-order valence-electron chi connectivity index (χ4n) is 4.13. The summed E-state index contributed by atoms with van der Waals surface area (Å²) in [7, 11) is 1.39. The Morgan fingerprint density at radius 3 is 2.70 bits per heavy atom. The molecule has 2 aromatic carbocycles. The van der Waals surface area contributed by atoms with Gasteiger partial charge in [0, 0.05) is 12.1 Å². The number of carbonyl (C=O) groups is 1. The van der Waals surface area contributed by atoms with Crippen LogP contribution in [0.15, 0.2) is 54.7 Å². The van der Waals surface area contributed by atoms with E-state index in [4.69, 9.17) is 4.74 Å². The second-order valence-electron chi connectivity index (χ2n) is 7.10. The predicted molar refractivity (Wildman–Crippen MR) is 100 cm³/mol. The summed E-state index contributed by atoms with van der Waals surface area (Å²) in [4.78, 5) is 12.9. The molecule has 4 rings (SSSR count). The summed E-state index contributed by atoms with van der Waals surface area (Å²) in [6, 6.07) is 15.0. The van der Waals surface area contributed by atoms with E-state index in [0.717, 1.165) is 16.8 Å². The van der Waals surface area contributed by atoms with Crippen molar-refractivity contribution >= 4 is 5.97 Å². The van der Waals surface area contributed by atoms with Crippen LogP contribution in [0.25, 0.3) is 0 Å². The maximum Gasteiger partial charge on any atom is 0.317 e. The van der Waals surface area contributed by atoms with E-state index in [0.29, 0.717) is 30.5 Å². The van der Waals surface area contributed by atoms with Crippen molar-refractivity contribution in [2.45, 2.75) is 31.7 Å². The van der Waals surface area contributed by atoms with Gasteiger partial charge >= 0.3 is 5.97 Å². The van der Waals surface area contributed by atoms with Gasteiger partial charge in [0.2, 0.25) is 0 Å². The van der Waals surface area contributed by atoms with Gasteiger partial charge in [-0.25, -0.2) is 4.39 Å². The van der Waals surface area contributed by atoms with E-state index in [2.05, 4.69) is 5.10 Å². The Morgan fingerprint density at radius 1 is 1.19 bits per heavy atom. The SMILES string of the molecule is COC(=O)[C@@]1(c2cccc(F)c2C)Cc2cnn(Cc3ccccc3)c2C1. The highest BCUT2D eigenvalue weighted by atomic mass is 19.1. The highest BCUT2D eigenvalue weighted by Gasteiger charge is 2.49. The average molecular weight is 364 g/mol. The molecule has 1 aliphatic carbocycles. The monoisotopic (exact) mass is 364 g/mol. The van der Waals surface area contributed by atoms with E-state index in [1.807, 2.05) is 47.3 Å². The molecule has 1 aromatic heterocycles. The fraction of sp³-hybridized carbons (Fsp3) is 0.273. The maximum absolute atomic E-state index is 14.2. The van der Waals surface area contributed by atoms with Gasteiger partial charge in [0.15, 0.2) is 0 Å². The summed E-state index contributed by atoms with van der Waals surface area (Å²) in [6.45, 7) is 2.35. The minimum Gasteiger partial charge on any atom is -0.468 e. The van der Waals surface area contributed by atoms with Crippen LogP contribution < -0.4 is 0 Å². The third-order valence-corrected chi connectivity index (χ3v) is 5.53. The van der Waals surface area contributed by atoms with Crippen LogP contribution in [-0.4, -0.2) is 22.9 Å². The first-order chi connectivity index (χ1) is 13.0. The lowest BCUT2D eigenvalue weighted by Crippen LogP contribution is -2.39. The van der Waals surface area contributed by atoms with Crippen molar-refractivity contribution in [2.75, 3.05) is 7.11 Å². The molecule has 0 fully saturated rings. The molecule has 0 radical (unpaired) electrons. The Kier molecular flexibility index (Phi) is 4.30. The van der Waals surface area contributed by atoms with E-state index in [9.17, 15) is 9.18 Å². The quantitative estimate of drug-likeness (QED) is 0.665. The molecule has 0 aliphatic heterocycles. The first-order valence-electron chi connectivity index (χ1n) is 8.96. The molecule has 0 bridgehead atoms. The number of esters is 1. The van der Waals surface area contributed by atoms with Crippen molar-refractivity contribution in [1.82, 2.24) is 9.78 Å². The van der Waals surface area contributed by atoms with Crippen LogP contribution in [0, 0.1) is 12.7 Å². The molecule has 0 saturated carbocycles. The molecule has 1 atom stereocenters. The van der Waals surface area contributed by atoms with Crippen LogP contribution in [0.5, 0.6) is 0 Å². The molecule has 5 heteroatoms. The van der Waals surface area contributed by atoms with Gasteiger partial charge in [-0.3, -0.25) is 9.48 Å². The molecule has 138 valence electrons. The van der Waals surface area contributed by atoms with Gasteiger partial charge in [0.1, 0.15) is 11.2 Å². The Labute approximate surface area is 157 Å². The standard InChI is InChI=1S/C22H21FN2O2/c1-15-18(9-6-10-19(15)23)22(21(26)27-2)11-17-13-24-25(20(17)12-22)14-16-7-4-3-5-8-16/h3-10,13H,11-12,14H2,1-2H3/t22-/m0/s1. The molecule has 3 aromatic rings. The van der Waals surface area contributed by atoms with Crippen molar-refractivity contribution in [3.05, 3.63) is 88.5 Å². The van der Waals surface area contributed by atoms with E-state index >= 15 is 0 Å². The van der Waals surface area contributed by atoms with E-state index in [1.165, 1.54) is 13.2 Å². The van der Waals surface area contributed by atoms with Crippen molar-refractivity contribution in [3.63, 3.8) is 0 Å². The lowest BCUT2D eigenvalue weighted by Gasteiger charge is -2.28. The normalized spacial score (nSPS) is 18.3. The molecule has 1 heterocycles. The zero-order chi connectivity index (χ0) is 19.0. The van der Waals surface area contributed by atoms with Crippen molar-refractivity contribution in [2.24, 2.45) is 0 Å². The number of methoxy groups -OCH3 is 1. The van der Waals surface area contributed by atoms with Gasteiger partial charge < -0.3 is 4.74 Å². The zero-order valence-corrected chi connectivity index (χ0v) is 15.4. The van der Waals surface area contributed by atoms with E-state index in [-0.39, 0.29) is 11.8 Å². The van der Waals surface area contributed by atoms with E-state index < -0.39 is 5.41 Å². The molecule has 0 unspecified atom stereocenters. The molecule has 0 spiro atoms. The summed E-state index contributed by atoms with van der Waals surface area (Å²) in [5.41, 5.74) is 3.44. The first-order valence-corrected chi connectivity index (χ1v) is 8.96. The number of rotatable bonds is 4. The Morgan fingerprint density at radius 2 is 1.96 bits per heavy atom. The Hall–Kier alpha value is -2.95. The average Bonchev–Trinajstić information content (AvgIpc) is 3.24. The third-order valence-electron chi connectivity index (χ3n) is 5.53. The van der Waals surface area contributed by atoms with Crippen LogP contribution in [0.4, 0.5) is 4.39 Å². The molecule has 4 nitrogen and oxygen atoms in total. The van der Waals surface area contributed by atoms with Crippen molar-refractivity contribution < 1.29 is 13.9 Å². The largest absolute Gasteiger partial charge is 0.468 e. The predicted octanol–water partition coefficient (Wildman–Crippen LogP) is 3.59. The minimum atomic E-state index is -0.910. The lowest BCUT2D eigenvalue weighted by molar-refractivity contribution is -0.147. The highest BCUT2D eigenvalue weighted by Crippen LogP contribution is 2.42. The molecule has 0 saturated heterocycles. The third kappa shape index (κ3) is 2.83. The molecular weight excluding hydrogens is 343 g/mol. The van der Waals surface area contributed by atoms with Gasteiger partial charge in [-0.05, 0) is 41.7 Å². The summed E-state index contributed by atoms with van der Waals surface area (Å²) >= 11 is 0. The molecular formula is C22H21FN2O2. The van der Waals surface area contributed by atoms with Crippen LogP contribution >= 0.6 is 0 Å². The van der Waals surface area contributed by atoms with Crippen molar-refractivity contribution in [3.8, 4) is 0 Å². The number of ether oxygens (including phenoxy) is 1. The number of hydrogen-bond acceptors (Lipinski definition) is 3. The van der Waals surface area contributed by atoms with Crippen molar-refractivity contribution in [1.29, 1.82) is 0 Å². The van der Waals surface area contributed by atoms with E-state index in [1.54, 1.807) is 13.0 Å². The number of fused-ring (bicyclic) bond motifs is 1. The molecule has 27 heavy (non-hydrogen) atoms. The van der Waals surface area contributed by atoms with Gasteiger partial charge in [0.05, 0.1) is 19.9 Å². The second-order valence-corrected chi connectivity index (χ2v) is 7.10. The zero-order valence-electron chi connectivity index (χ0n) is 15.4. The minimum absolute atomic E-state index is 0.308. The first kappa shape index (κ1) is 17.5. The number of halogens is 1. The number of aromatic nitrogens is 2. The number of benzene rings is 2. The summed E-state index contributed by atoms with van der Waals surface area (Å²) in [5, 5.41) is 4.51. The lowest BCUT2D eigenvalue weighted by atomic mass is 9.76. The molecule has 0 amide bonds. The topological polar surface area (TPSA) is 44.1 Å². The van der Waals surface area contributed by atoms with Gasteiger partial charge in [0.25, 0.3) is 0 Å². The number of hydrogen-bond donors (Lipinski definition) is 0. The Bertz CT molecular complexity index is 997. The summed E-state index contributed by atoms with van der Waals surface area (Å²) in [6.07, 6.45) is 2.73. The highest BCUT2D eigenvalue weighted by molar-refractivity contribution is 5.85. The van der Waals surface area contributed by atoms with Crippen LogP contribution in [0.2, 0.25) is 0 Å². The summed E-state index contributed by atoms with van der Waals surface area (Å²) in [5.74, 6) is -0.642. The van der Waals surface area contributed by atoms with Crippen LogP contribution in [0.3, 0.4) is 0 Å². The maximum atomic E-state index is 14.2. The fourth-order valence-corrected chi connectivity index (χ4v) is 4.13. The van der Waals surface area contributed by atoms with Gasteiger partial charge in [-0.2, -0.15) is 5.10 Å². The van der Waals surface area contributed by atoms with Gasteiger partial charge in [-0.15, -0.1) is 0 Å². The second kappa shape index (κ2) is 6.65.